The first-order valence-electron chi connectivity index (χ1n) is 29.0. The molecule has 0 spiro atoms. The summed E-state index contributed by atoms with van der Waals surface area (Å²) in [6.45, 7) is 1.13. The largest absolute Gasteiger partial charge is 0.361 e. The molecule has 18 N–H and O–H groups in total. The molecule has 86 heavy (non-hydrogen) atoms. The van der Waals surface area contributed by atoms with Crippen molar-refractivity contribution in [3.8, 4) is 0 Å². The highest BCUT2D eigenvalue weighted by molar-refractivity contribution is 6.18. The number of amides is 3. The molecular weight excluding hydrogens is 1100 g/mol. The fourth-order valence-electron chi connectivity index (χ4n) is 11.2. The average Bonchev–Trinajstić information content (AvgIpc) is 3.42. The van der Waals surface area contributed by atoms with Gasteiger partial charge in [-0.3, -0.25) is 28.8 Å². The lowest BCUT2D eigenvalue weighted by molar-refractivity contribution is -0.134. The Morgan fingerprint density at radius 2 is 0.628 bits per heavy atom. The fraction of sp³-hybridized carbons (Fsp3) is 0.284. The number of H-pyrrole nitrogens is 3. The van der Waals surface area contributed by atoms with Crippen molar-refractivity contribution < 1.29 is 28.8 Å². The molecule has 0 unspecified atom stereocenters. The molecule has 3 atom stereocenters. The van der Waals surface area contributed by atoms with E-state index >= 15 is 0 Å². The molecule has 0 radical (unpaired) electrons. The van der Waals surface area contributed by atoms with Gasteiger partial charge < -0.3 is 65.3 Å². The van der Waals surface area contributed by atoms with Crippen molar-refractivity contribution >= 4 is 97.2 Å². The van der Waals surface area contributed by atoms with Gasteiger partial charge in [0.25, 0.3) is 17.7 Å². The van der Waals surface area contributed by atoms with Crippen LogP contribution in [0.15, 0.2) is 164 Å². The number of nitrogens with two attached hydrogens (primary N) is 6. The van der Waals surface area contributed by atoms with Crippen LogP contribution in [-0.2, 0) is 48.0 Å². The zero-order valence-electron chi connectivity index (χ0n) is 48.1. The van der Waals surface area contributed by atoms with Crippen LogP contribution in [0.1, 0.15) is 97.1 Å². The van der Waals surface area contributed by atoms with Crippen LogP contribution in [0.3, 0.4) is 0 Å². The Kier molecular flexibility index (Phi) is 21.0. The Labute approximate surface area is 505 Å². The first-order chi connectivity index (χ1) is 41.1. The van der Waals surface area contributed by atoms with Crippen LogP contribution in [0.4, 0.5) is 17.1 Å². The lowest BCUT2D eigenvalue weighted by Crippen LogP contribution is -2.58. The molecule has 0 aliphatic carbocycles. The fourth-order valence-corrected chi connectivity index (χ4v) is 11.2. The van der Waals surface area contributed by atoms with Crippen LogP contribution in [0, 0.1) is 0 Å². The summed E-state index contributed by atoms with van der Waals surface area (Å²) in [5.41, 5.74) is 40.8. The summed E-state index contributed by atoms with van der Waals surface area (Å²) in [6.07, 6.45) is 8.53. The Hall–Kier alpha value is -8.59. The van der Waals surface area contributed by atoms with E-state index in [1.165, 1.54) is 0 Å². The van der Waals surface area contributed by atoms with Crippen molar-refractivity contribution in [2.75, 3.05) is 35.6 Å². The predicted molar refractivity (Wildman–Crippen MR) is 344 cm³/mol. The average molecular weight is 1180 g/mol. The van der Waals surface area contributed by atoms with Crippen molar-refractivity contribution in [3.05, 3.63) is 198 Å². The highest BCUT2D eigenvalue weighted by Crippen LogP contribution is 2.35. The second kappa shape index (κ2) is 28.5. The van der Waals surface area contributed by atoms with E-state index in [2.05, 4.69) is 30.9 Å². The maximum absolute atomic E-state index is 14.3. The molecule has 0 saturated carbocycles. The summed E-state index contributed by atoms with van der Waals surface area (Å²) in [4.78, 5) is 94.9. The minimum atomic E-state index is -1.86. The quantitative estimate of drug-likeness (QED) is 0.0115. The molecule has 448 valence electrons. The van der Waals surface area contributed by atoms with E-state index in [0.717, 1.165) is 66.1 Å². The number of carbonyl (C=O) groups is 6. The number of halogens is 1. The summed E-state index contributed by atoms with van der Waals surface area (Å²) in [5, 5.41) is 11.4. The molecule has 0 fully saturated rings. The first kappa shape index (κ1) is 63.4. The molecule has 6 aromatic carbocycles. The molecule has 0 saturated heterocycles. The molecule has 0 aliphatic heterocycles. The van der Waals surface area contributed by atoms with Gasteiger partial charge in [0.2, 0.25) is 0 Å². The molecule has 0 bridgehead atoms. The summed E-state index contributed by atoms with van der Waals surface area (Å²) in [6, 6.07) is 44.5. The van der Waals surface area contributed by atoms with E-state index in [-0.39, 0.29) is 50.9 Å². The predicted octanol–water partition coefficient (Wildman–Crippen LogP) is 8.46. The number of Topliss-reactive ketones (excluding diaryl/α,β-unsaturated/α-hetero) is 3. The van der Waals surface area contributed by atoms with E-state index in [4.69, 9.17) is 34.4 Å². The monoisotopic (exact) mass is 1180 g/mol. The van der Waals surface area contributed by atoms with Gasteiger partial charge in [0, 0.05) is 93.5 Å². The van der Waals surface area contributed by atoms with Crippen molar-refractivity contribution in [2.24, 2.45) is 34.4 Å². The SMILES string of the molecule is Cl.NCCCC[C@@](N)(C(=O)Cc1c[nH]c2ccccc12)C(=O)Nc1ccc(C(c2ccc(NC(=O)[C@@](N)(CCCCN)C(=O)Cc3c[nH]c4ccccc34)cc2)c2ccc(NC(=O)[C@@](N)(CCCCN)C(=O)Cc3c[nH]c4ccccc34)cc2)cc1. The zero-order valence-corrected chi connectivity index (χ0v) is 48.9. The third-order valence-corrected chi connectivity index (χ3v) is 16.4. The maximum Gasteiger partial charge on any atom is 0.252 e. The molecular formula is C67H77ClN12O6. The molecule has 9 aromatic rings. The number of carbonyl (C=O) groups excluding carboxylic acids is 6. The maximum atomic E-state index is 14.3. The van der Waals surface area contributed by atoms with E-state index in [0.29, 0.717) is 75.2 Å². The van der Waals surface area contributed by atoms with Gasteiger partial charge in [0.1, 0.15) is 0 Å². The number of anilines is 3. The minimum Gasteiger partial charge on any atom is -0.361 e. The number of benzene rings is 6. The first-order valence-corrected chi connectivity index (χ1v) is 29.0. The van der Waals surface area contributed by atoms with Gasteiger partial charge >= 0.3 is 0 Å². The van der Waals surface area contributed by atoms with Crippen molar-refractivity contribution in [1.82, 2.24) is 15.0 Å². The van der Waals surface area contributed by atoms with Crippen LogP contribution in [-0.4, -0.2) is 86.3 Å². The highest BCUT2D eigenvalue weighted by atomic mass is 35.5. The van der Waals surface area contributed by atoms with E-state index in [1.54, 1.807) is 55.0 Å². The van der Waals surface area contributed by atoms with Crippen molar-refractivity contribution in [3.63, 3.8) is 0 Å². The molecule has 19 heteroatoms. The lowest BCUT2D eigenvalue weighted by Gasteiger charge is -2.28. The van der Waals surface area contributed by atoms with Gasteiger partial charge in [-0.25, -0.2) is 0 Å². The van der Waals surface area contributed by atoms with Gasteiger partial charge in [-0.05, 0) is 165 Å². The van der Waals surface area contributed by atoms with E-state index < -0.39 is 57.6 Å². The Bertz CT molecular complexity index is 3430. The molecule has 0 aliphatic rings. The number of unbranched alkanes of at least 4 members (excludes halogenated alkanes) is 3. The van der Waals surface area contributed by atoms with Crippen LogP contribution in [0.2, 0.25) is 0 Å². The van der Waals surface area contributed by atoms with Gasteiger partial charge in [-0.1, -0.05) is 91.0 Å². The zero-order chi connectivity index (χ0) is 60.1. The number of nitrogens with one attached hydrogen (secondary N) is 6. The lowest BCUT2D eigenvalue weighted by atomic mass is 9.83. The summed E-state index contributed by atoms with van der Waals surface area (Å²) in [7, 11) is 0. The van der Waals surface area contributed by atoms with Gasteiger partial charge in [0.15, 0.2) is 34.0 Å². The smallest absolute Gasteiger partial charge is 0.252 e. The van der Waals surface area contributed by atoms with E-state index in [1.807, 2.05) is 109 Å². The molecule has 3 aromatic heterocycles. The normalized spacial score (nSPS) is 13.6. The third kappa shape index (κ3) is 14.2. The summed E-state index contributed by atoms with van der Waals surface area (Å²) >= 11 is 0. The number of aromatic nitrogens is 3. The van der Waals surface area contributed by atoms with Crippen molar-refractivity contribution in [1.29, 1.82) is 0 Å². The highest BCUT2D eigenvalue weighted by Gasteiger charge is 2.44. The van der Waals surface area contributed by atoms with Crippen molar-refractivity contribution in [2.45, 2.75) is 99.6 Å². The third-order valence-electron chi connectivity index (χ3n) is 16.4. The molecule has 3 heterocycles. The molecule has 18 nitrogen and oxygen atoms in total. The number of ketones is 3. The Morgan fingerprint density at radius 1 is 0.372 bits per heavy atom. The molecule has 3 amide bonds. The number of hydrogen-bond acceptors (Lipinski definition) is 12. The summed E-state index contributed by atoms with van der Waals surface area (Å²) < 4.78 is 0. The van der Waals surface area contributed by atoms with Crippen LogP contribution < -0.4 is 50.4 Å². The number of aromatic amines is 3. The topological polar surface area (TPSA) is 342 Å². The number of para-hydroxylation sites is 3. The van der Waals surface area contributed by atoms with Crippen LogP contribution in [0.25, 0.3) is 32.7 Å². The van der Waals surface area contributed by atoms with E-state index in [9.17, 15) is 28.8 Å². The Morgan fingerprint density at radius 3 is 0.884 bits per heavy atom. The van der Waals surface area contributed by atoms with Gasteiger partial charge in [-0.2, -0.15) is 0 Å². The van der Waals surface area contributed by atoms with Gasteiger partial charge in [-0.15, -0.1) is 12.4 Å². The van der Waals surface area contributed by atoms with Gasteiger partial charge in [0.05, 0.1) is 0 Å². The van der Waals surface area contributed by atoms with Crippen LogP contribution in [0.5, 0.6) is 0 Å². The minimum absolute atomic E-state index is 0. The number of rotatable bonds is 30. The number of fused-ring (bicyclic) bond motifs is 3. The second-order valence-corrected chi connectivity index (χ2v) is 22.2. The molecule has 9 rings (SSSR count). The van der Waals surface area contributed by atoms with Crippen LogP contribution >= 0.6 is 12.4 Å². The number of hydrogen-bond donors (Lipinski definition) is 12. The standard InChI is InChI=1S/C67H76N12O6.ClH/c68-34-10-7-31-65(71,58(80)37-46-40-74-55-16-4-1-13-52(46)55)62(83)77-49-25-19-43(20-26-49)61(44-21-27-50(28-22-44)78-63(84)66(72,32-8-11-35-69)59(81)38-47-41-75-56-17-5-2-14-53(47)56)45-23-29-51(30-24-45)79-64(85)67(73,33-9-12-36-70)60(82)39-48-42-76-57-18-6-3-15-54(48)57;/h1-6,13-30,40-42,61,74-76H,7-12,31-39,68-73H2,(H,77,83)(H,78,84)(H,79,85);1H/t65-,66-,67-;/m1./s1. The second-order valence-electron chi connectivity index (χ2n) is 22.2. The Balaban J connectivity index is 0.00000961. The summed E-state index contributed by atoms with van der Waals surface area (Å²) in [5.74, 6) is -3.69.